The molecule has 0 aliphatic rings. The van der Waals surface area contributed by atoms with Crippen molar-refractivity contribution in [3.05, 3.63) is 0 Å². The molecule has 0 aromatic carbocycles. The number of quaternary nitrogens is 1. The molecule has 0 aromatic heterocycles. The van der Waals surface area contributed by atoms with Gasteiger partial charge in [-0.05, 0) is 55.6 Å². The third-order valence-electron chi connectivity index (χ3n) is 3.35. The van der Waals surface area contributed by atoms with Crippen molar-refractivity contribution in [3.63, 3.8) is 0 Å². The fourth-order valence-electron chi connectivity index (χ4n) is 0. The molecule has 0 heterocycles. The van der Waals surface area contributed by atoms with Crippen LogP contribution in [0.5, 0.6) is 0 Å². The van der Waals surface area contributed by atoms with Crippen LogP contribution in [0, 0.1) is 0 Å². The van der Waals surface area contributed by atoms with Crippen molar-refractivity contribution in [1.29, 1.82) is 0 Å². The van der Waals surface area contributed by atoms with Crippen LogP contribution >= 0.6 is 0 Å². The summed E-state index contributed by atoms with van der Waals surface area (Å²) in [7, 11) is 10.8. The lowest BCUT2D eigenvalue weighted by Crippen LogP contribution is -2.50. The normalized spacial score (nSPS) is 13.6. The molecule has 0 aliphatic carbocycles. The van der Waals surface area contributed by atoms with Gasteiger partial charge in [-0.25, -0.2) is 0 Å². The first-order valence-electron chi connectivity index (χ1n) is 5.68. The minimum absolute atomic E-state index is 0.333. The Bertz CT molecular complexity index is 150. The van der Waals surface area contributed by atoms with E-state index in [-0.39, 0.29) is 0 Å². The average molecular weight is 217 g/mol. The van der Waals surface area contributed by atoms with Crippen LogP contribution in [0.1, 0.15) is 41.5 Å². The van der Waals surface area contributed by atoms with Crippen LogP contribution in [0.2, 0.25) is 0 Å². The highest BCUT2D eigenvalue weighted by Crippen LogP contribution is 2.14. The zero-order valence-corrected chi connectivity index (χ0v) is 12.9. The molecule has 0 rings (SSSR count). The Hall–Kier alpha value is -0.0800. The van der Waals surface area contributed by atoms with Crippen LogP contribution in [0.25, 0.3) is 0 Å². The predicted octanol–water partition coefficient (Wildman–Crippen LogP) is 2.84. The summed E-state index contributed by atoms with van der Waals surface area (Å²) in [6, 6.07) is 0. The Balaban J connectivity index is 0. The third kappa shape index (κ3) is 8.88. The summed E-state index contributed by atoms with van der Waals surface area (Å²) in [5, 5.41) is 0. The van der Waals surface area contributed by atoms with Crippen molar-refractivity contribution in [2.45, 2.75) is 52.6 Å². The van der Waals surface area contributed by atoms with Gasteiger partial charge >= 0.3 is 0 Å². The Morgan fingerprint density at radius 2 is 0.867 bits per heavy atom. The zero-order valence-electron chi connectivity index (χ0n) is 12.9. The Kier molecular flexibility index (Phi) is 6.13. The van der Waals surface area contributed by atoms with E-state index in [0.717, 1.165) is 4.48 Å². The van der Waals surface area contributed by atoms with Gasteiger partial charge in [-0.1, -0.05) is 0 Å². The topological polar surface area (TPSA) is 3.24 Å². The summed E-state index contributed by atoms with van der Waals surface area (Å²) in [6.07, 6.45) is 0. The van der Waals surface area contributed by atoms with Crippen LogP contribution in [-0.4, -0.2) is 55.7 Å². The van der Waals surface area contributed by atoms with Gasteiger partial charge in [0.1, 0.15) is 0 Å². The SMILES string of the molecule is CC(C)(C)[N+](C)(C)C.CN(C)C(C)(C)C. The van der Waals surface area contributed by atoms with Gasteiger partial charge in [0.2, 0.25) is 0 Å². The molecule has 0 saturated heterocycles. The zero-order chi connectivity index (χ0) is 13.1. The van der Waals surface area contributed by atoms with E-state index in [4.69, 9.17) is 0 Å². The van der Waals surface area contributed by atoms with Crippen molar-refractivity contribution in [1.82, 2.24) is 4.90 Å². The molecule has 0 N–H and O–H groups in total. The molecule has 15 heavy (non-hydrogen) atoms. The van der Waals surface area contributed by atoms with E-state index in [9.17, 15) is 0 Å². The summed E-state index contributed by atoms with van der Waals surface area (Å²) in [5.74, 6) is 0. The molecule has 0 amide bonds. The second kappa shape index (κ2) is 5.31. The Morgan fingerprint density at radius 3 is 0.867 bits per heavy atom. The van der Waals surface area contributed by atoms with E-state index >= 15 is 0 Å². The maximum absolute atomic E-state index is 2.24. The van der Waals surface area contributed by atoms with Gasteiger partial charge in [0.25, 0.3) is 0 Å². The number of hydrogen-bond donors (Lipinski definition) is 0. The van der Waals surface area contributed by atoms with Gasteiger partial charge in [0.05, 0.1) is 26.7 Å². The molecule has 0 atom stereocenters. The predicted molar refractivity (Wildman–Crippen MR) is 71.2 cm³/mol. The summed E-state index contributed by atoms with van der Waals surface area (Å²) in [6.45, 7) is 13.3. The lowest BCUT2D eigenvalue weighted by Gasteiger charge is -2.38. The molecule has 0 bridgehead atoms. The van der Waals surface area contributed by atoms with Gasteiger partial charge in [-0.3, -0.25) is 0 Å². The monoisotopic (exact) mass is 217 g/mol. The highest BCUT2D eigenvalue weighted by molar-refractivity contribution is 4.68. The smallest absolute Gasteiger partial charge is 0.0901 e. The second-order valence-electron chi connectivity index (χ2n) is 7.25. The fraction of sp³-hybridized carbons (Fsp3) is 1.00. The summed E-state index contributed by atoms with van der Waals surface area (Å²) < 4.78 is 1.02. The Labute approximate surface area is 97.9 Å². The highest BCUT2D eigenvalue weighted by Gasteiger charge is 2.25. The van der Waals surface area contributed by atoms with Crippen LogP contribution in [0.3, 0.4) is 0 Å². The second-order valence-corrected chi connectivity index (χ2v) is 7.25. The van der Waals surface area contributed by atoms with Gasteiger partial charge in [-0.15, -0.1) is 0 Å². The standard InChI is InChI=1S/C7H18N.C6H15N/c1-7(2,3)8(4,5)6;1-6(2,3)7(4)5/h1-6H3;1-5H3/q+1;. The molecule has 2 nitrogen and oxygen atoms in total. The minimum Gasteiger partial charge on any atom is -0.327 e. The van der Waals surface area contributed by atoms with Gasteiger partial charge in [0, 0.05) is 5.54 Å². The molecule has 0 spiro atoms. The van der Waals surface area contributed by atoms with Crippen LogP contribution in [0.4, 0.5) is 0 Å². The summed E-state index contributed by atoms with van der Waals surface area (Å²) >= 11 is 0. The van der Waals surface area contributed by atoms with E-state index < -0.39 is 0 Å². The summed E-state index contributed by atoms with van der Waals surface area (Å²) in [5.41, 5.74) is 0.708. The quantitative estimate of drug-likeness (QED) is 0.564. The first-order chi connectivity index (χ1) is 6.19. The van der Waals surface area contributed by atoms with E-state index in [2.05, 4.69) is 81.7 Å². The molecule has 94 valence electrons. The first-order valence-corrected chi connectivity index (χ1v) is 5.68. The number of hydrogen-bond acceptors (Lipinski definition) is 1. The van der Waals surface area contributed by atoms with E-state index in [0.29, 0.717) is 11.1 Å². The molecule has 2 heteroatoms. The fourth-order valence-corrected chi connectivity index (χ4v) is 0. The van der Waals surface area contributed by atoms with Crippen molar-refractivity contribution >= 4 is 0 Å². The molecule has 0 aliphatic heterocycles. The average Bonchev–Trinajstić information content (AvgIpc) is 1.80. The van der Waals surface area contributed by atoms with Crippen molar-refractivity contribution < 1.29 is 4.48 Å². The third-order valence-corrected chi connectivity index (χ3v) is 3.35. The summed E-state index contributed by atoms with van der Waals surface area (Å²) in [4.78, 5) is 2.19. The maximum Gasteiger partial charge on any atom is 0.0901 e. The molecule has 0 unspecified atom stereocenters. The maximum atomic E-state index is 2.24. The molecular weight excluding hydrogens is 184 g/mol. The van der Waals surface area contributed by atoms with Gasteiger partial charge < -0.3 is 9.38 Å². The lowest BCUT2D eigenvalue weighted by molar-refractivity contribution is -0.917. The largest absolute Gasteiger partial charge is 0.327 e. The lowest BCUT2D eigenvalue weighted by atomic mass is 10.1. The van der Waals surface area contributed by atoms with E-state index in [1.807, 2.05) is 0 Å². The van der Waals surface area contributed by atoms with Crippen LogP contribution < -0.4 is 0 Å². The van der Waals surface area contributed by atoms with E-state index in [1.165, 1.54) is 0 Å². The minimum atomic E-state index is 0.333. The Morgan fingerprint density at radius 1 is 0.733 bits per heavy atom. The first kappa shape index (κ1) is 17.3. The van der Waals surface area contributed by atoms with Crippen LogP contribution in [-0.2, 0) is 0 Å². The number of rotatable bonds is 0. The molecule has 0 aromatic rings. The number of nitrogens with zero attached hydrogens (tertiary/aromatic N) is 2. The van der Waals surface area contributed by atoms with Crippen molar-refractivity contribution in [2.24, 2.45) is 0 Å². The molecule has 0 saturated carbocycles. The van der Waals surface area contributed by atoms with Crippen molar-refractivity contribution in [3.8, 4) is 0 Å². The van der Waals surface area contributed by atoms with Crippen LogP contribution in [0.15, 0.2) is 0 Å². The molecular formula is C13H33N2+. The van der Waals surface area contributed by atoms with Crippen molar-refractivity contribution in [2.75, 3.05) is 35.2 Å². The van der Waals surface area contributed by atoms with E-state index in [1.54, 1.807) is 0 Å². The van der Waals surface area contributed by atoms with Gasteiger partial charge in [-0.2, -0.15) is 0 Å². The molecule has 0 fully saturated rings. The highest BCUT2D eigenvalue weighted by atomic mass is 15.3. The van der Waals surface area contributed by atoms with Gasteiger partial charge in [0.15, 0.2) is 0 Å². The molecule has 0 radical (unpaired) electrons.